The van der Waals surface area contributed by atoms with Gasteiger partial charge in [-0.15, -0.1) is 0 Å². The number of allylic oxidation sites excluding steroid dienone is 3. The molecule has 1 aliphatic rings. The lowest BCUT2D eigenvalue weighted by atomic mass is 10.1. The Labute approximate surface area is 104 Å². The van der Waals surface area contributed by atoms with Crippen LogP contribution in [-0.2, 0) is 19.6 Å². The van der Waals surface area contributed by atoms with Crippen LogP contribution in [0.4, 0.5) is 0 Å². The third-order valence-corrected chi connectivity index (χ3v) is 3.63. The highest BCUT2D eigenvalue weighted by Gasteiger charge is 2.20. The van der Waals surface area contributed by atoms with Crippen LogP contribution in [0.2, 0.25) is 0 Å². The molecule has 1 aliphatic carbocycles. The molecule has 0 fully saturated rings. The van der Waals surface area contributed by atoms with Gasteiger partial charge in [0.15, 0.2) is 5.78 Å². The molecule has 1 N–H and O–H groups in total. The summed E-state index contributed by atoms with van der Waals surface area (Å²) in [6, 6.07) is 7.60. The summed E-state index contributed by atoms with van der Waals surface area (Å²) in [5.74, 6) is -0.977. The number of rotatable bonds is 3. The first-order valence-electron chi connectivity index (χ1n) is 5.05. The van der Waals surface area contributed by atoms with Gasteiger partial charge < -0.3 is 0 Å². The van der Waals surface area contributed by atoms with E-state index in [1.54, 1.807) is 18.2 Å². The Morgan fingerprint density at radius 1 is 0.944 bits per heavy atom. The Hall–Kier alpha value is -2.21. The fraction of sp³-hybridized carbons (Fsp3) is 0. The molecule has 92 valence electrons. The first kappa shape index (κ1) is 12.3. The third kappa shape index (κ3) is 2.54. The van der Waals surface area contributed by atoms with Crippen molar-refractivity contribution in [3.8, 4) is 0 Å². The number of hydrogen-bond donors (Lipinski definition) is 1. The molecule has 2 rings (SSSR count). The third-order valence-electron chi connectivity index (χ3n) is 2.25. The predicted octanol–water partition coefficient (Wildman–Crippen LogP) is 0.557. The zero-order valence-electron chi connectivity index (χ0n) is 9.16. The topological polar surface area (TPSA) is 80.3 Å². The van der Waals surface area contributed by atoms with Crippen LogP contribution in [0.1, 0.15) is 0 Å². The van der Waals surface area contributed by atoms with E-state index in [4.69, 9.17) is 0 Å². The molecule has 0 radical (unpaired) electrons. The highest BCUT2D eigenvalue weighted by molar-refractivity contribution is 7.89. The van der Waals surface area contributed by atoms with Crippen LogP contribution >= 0.6 is 0 Å². The van der Waals surface area contributed by atoms with E-state index >= 15 is 0 Å². The second kappa shape index (κ2) is 4.58. The number of benzene rings is 1. The van der Waals surface area contributed by atoms with Crippen molar-refractivity contribution < 1.29 is 18.0 Å². The van der Waals surface area contributed by atoms with Crippen LogP contribution in [0, 0.1) is 0 Å². The standard InChI is InChI=1S/C12H9NO4S/c14-9-6-7-12(15)11(8-9)13-18(16,17)10-4-2-1-3-5-10/h1-8,13H. The molecule has 0 unspecified atom stereocenters. The number of nitrogens with one attached hydrogen (secondary N) is 1. The zero-order chi connectivity index (χ0) is 13.2. The highest BCUT2D eigenvalue weighted by Crippen LogP contribution is 2.11. The maximum atomic E-state index is 11.9. The molecule has 0 amide bonds. The van der Waals surface area contributed by atoms with Crippen molar-refractivity contribution in [2.45, 2.75) is 4.90 Å². The molecule has 0 spiro atoms. The van der Waals surface area contributed by atoms with Gasteiger partial charge in [0.25, 0.3) is 10.0 Å². The van der Waals surface area contributed by atoms with Gasteiger partial charge in [0.05, 0.1) is 4.90 Å². The van der Waals surface area contributed by atoms with E-state index in [-0.39, 0.29) is 10.6 Å². The molecule has 0 heterocycles. The second-order valence-electron chi connectivity index (χ2n) is 3.58. The Morgan fingerprint density at radius 2 is 1.61 bits per heavy atom. The van der Waals surface area contributed by atoms with E-state index in [1.807, 2.05) is 0 Å². The van der Waals surface area contributed by atoms with E-state index in [0.29, 0.717) is 0 Å². The van der Waals surface area contributed by atoms with Gasteiger partial charge in [0.2, 0.25) is 5.78 Å². The van der Waals surface area contributed by atoms with E-state index < -0.39 is 21.6 Å². The largest absolute Gasteiger partial charge is 0.290 e. The predicted molar refractivity (Wildman–Crippen MR) is 64.0 cm³/mol. The van der Waals surface area contributed by atoms with Crippen LogP contribution in [0.25, 0.3) is 0 Å². The molecular weight excluding hydrogens is 254 g/mol. The van der Waals surface area contributed by atoms with Crippen LogP contribution in [0.15, 0.2) is 59.2 Å². The number of carbonyl (C=O) groups excluding carboxylic acids is 2. The molecule has 0 saturated heterocycles. The van der Waals surface area contributed by atoms with E-state index in [2.05, 4.69) is 4.72 Å². The quantitative estimate of drug-likeness (QED) is 0.808. The fourth-order valence-electron chi connectivity index (χ4n) is 1.39. The average molecular weight is 263 g/mol. The van der Waals surface area contributed by atoms with Gasteiger partial charge in [-0.05, 0) is 24.3 Å². The van der Waals surface area contributed by atoms with Crippen molar-refractivity contribution in [1.29, 1.82) is 0 Å². The maximum Gasteiger partial charge on any atom is 0.262 e. The van der Waals surface area contributed by atoms with Gasteiger partial charge in [0, 0.05) is 6.08 Å². The molecule has 0 atom stereocenters. The summed E-state index contributed by atoms with van der Waals surface area (Å²) in [5, 5.41) is 0. The summed E-state index contributed by atoms with van der Waals surface area (Å²) >= 11 is 0. The minimum Gasteiger partial charge on any atom is -0.290 e. The molecule has 6 heteroatoms. The normalized spacial score (nSPS) is 15.4. The summed E-state index contributed by atoms with van der Waals surface area (Å²) in [6.45, 7) is 0. The summed E-state index contributed by atoms with van der Waals surface area (Å²) in [6.07, 6.45) is 3.08. The van der Waals surface area contributed by atoms with Crippen molar-refractivity contribution in [3.63, 3.8) is 0 Å². The fourth-order valence-corrected chi connectivity index (χ4v) is 2.47. The molecule has 1 aromatic carbocycles. The summed E-state index contributed by atoms with van der Waals surface area (Å²) in [5.41, 5.74) is -0.244. The van der Waals surface area contributed by atoms with Crippen molar-refractivity contribution in [2.75, 3.05) is 0 Å². The Morgan fingerprint density at radius 3 is 2.28 bits per heavy atom. The minimum absolute atomic E-state index is 0.0284. The summed E-state index contributed by atoms with van der Waals surface area (Å²) < 4.78 is 25.9. The van der Waals surface area contributed by atoms with Gasteiger partial charge in [-0.25, -0.2) is 8.42 Å². The van der Waals surface area contributed by atoms with Gasteiger partial charge in [-0.3, -0.25) is 14.3 Å². The molecule has 0 aromatic heterocycles. The van der Waals surface area contributed by atoms with E-state index in [0.717, 1.165) is 18.2 Å². The molecule has 0 aliphatic heterocycles. The van der Waals surface area contributed by atoms with Crippen LogP contribution in [0.5, 0.6) is 0 Å². The monoisotopic (exact) mass is 263 g/mol. The molecule has 1 aromatic rings. The Bertz CT molecular complexity index is 657. The van der Waals surface area contributed by atoms with E-state index in [1.165, 1.54) is 12.1 Å². The smallest absolute Gasteiger partial charge is 0.262 e. The Balaban J connectivity index is 2.30. The van der Waals surface area contributed by atoms with Crippen LogP contribution in [-0.4, -0.2) is 20.0 Å². The number of carbonyl (C=O) groups is 2. The van der Waals surface area contributed by atoms with Gasteiger partial charge in [0.1, 0.15) is 5.70 Å². The average Bonchev–Trinajstić information content (AvgIpc) is 2.35. The lowest BCUT2D eigenvalue weighted by Gasteiger charge is -2.10. The minimum atomic E-state index is -3.84. The van der Waals surface area contributed by atoms with Crippen molar-refractivity contribution in [2.24, 2.45) is 0 Å². The summed E-state index contributed by atoms with van der Waals surface area (Å²) in [4.78, 5) is 22.5. The number of ketones is 2. The lowest BCUT2D eigenvalue weighted by molar-refractivity contribution is -0.114. The first-order chi connectivity index (χ1) is 8.49. The molecule has 0 bridgehead atoms. The first-order valence-corrected chi connectivity index (χ1v) is 6.53. The van der Waals surface area contributed by atoms with Crippen molar-refractivity contribution in [1.82, 2.24) is 4.72 Å². The number of hydrogen-bond acceptors (Lipinski definition) is 4. The van der Waals surface area contributed by atoms with E-state index in [9.17, 15) is 18.0 Å². The molecular formula is C12H9NO4S. The molecule has 0 saturated carbocycles. The zero-order valence-corrected chi connectivity index (χ0v) is 9.98. The summed E-state index contributed by atoms with van der Waals surface area (Å²) in [7, 11) is -3.84. The van der Waals surface area contributed by atoms with Crippen LogP contribution < -0.4 is 4.72 Å². The maximum absolute atomic E-state index is 11.9. The number of sulfonamides is 1. The second-order valence-corrected chi connectivity index (χ2v) is 5.26. The van der Waals surface area contributed by atoms with Crippen molar-refractivity contribution in [3.05, 3.63) is 54.3 Å². The lowest BCUT2D eigenvalue weighted by Crippen LogP contribution is -2.28. The highest BCUT2D eigenvalue weighted by atomic mass is 32.2. The van der Waals surface area contributed by atoms with Gasteiger partial charge in [-0.1, -0.05) is 18.2 Å². The van der Waals surface area contributed by atoms with Gasteiger partial charge in [-0.2, -0.15) is 0 Å². The Kier molecular flexibility index (Phi) is 3.12. The molecule has 18 heavy (non-hydrogen) atoms. The SMILES string of the molecule is O=C1C=CC(=O)C(NS(=O)(=O)c2ccccc2)=C1. The van der Waals surface area contributed by atoms with Crippen molar-refractivity contribution >= 4 is 21.6 Å². The van der Waals surface area contributed by atoms with Crippen LogP contribution in [0.3, 0.4) is 0 Å². The molecule has 5 nitrogen and oxygen atoms in total. The van der Waals surface area contributed by atoms with Gasteiger partial charge >= 0.3 is 0 Å².